The molecule has 0 heterocycles. The van der Waals surface area contributed by atoms with Gasteiger partial charge in [-0.1, -0.05) is 0 Å². The lowest BCUT2D eigenvalue weighted by Crippen LogP contribution is -1.90. The Morgan fingerprint density at radius 1 is 1.53 bits per heavy atom. The molecule has 0 radical (unpaired) electrons. The second kappa shape index (κ2) is 4.69. The molecule has 0 atom stereocenters. The Morgan fingerprint density at radius 3 is 2.80 bits per heavy atom. The number of methoxy groups -OCH3 is 1. The second-order valence-corrected chi connectivity index (χ2v) is 2.60. The molecule has 0 bridgehead atoms. The molecule has 74 valence electrons. The zero-order valence-corrected chi connectivity index (χ0v) is 7.94. The zero-order valence-electron chi connectivity index (χ0n) is 7.94. The van der Waals surface area contributed by atoms with Crippen LogP contribution in [0.15, 0.2) is 12.1 Å². The summed E-state index contributed by atoms with van der Waals surface area (Å²) in [5.41, 5.74) is 0.518. The van der Waals surface area contributed by atoms with Gasteiger partial charge >= 0.3 is 0 Å². The topological polar surface area (TPSA) is 70.3 Å². The van der Waals surface area contributed by atoms with Gasteiger partial charge < -0.3 is 9.84 Å². The Morgan fingerprint density at radius 2 is 2.27 bits per heavy atom. The lowest BCUT2D eigenvalue weighted by atomic mass is 10.1. The molecule has 0 saturated heterocycles. The van der Waals surface area contributed by atoms with Crippen molar-refractivity contribution in [2.45, 2.75) is 0 Å². The third-order valence-corrected chi connectivity index (χ3v) is 1.71. The van der Waals surface area contributed by atoms with Gasteiger partial charge in [-0.25, -0.2) is 0 Å². The number of hydrogen-bond donors (Lipinski definition) is 1. The molecule has 1 aromatic carbocycles. The van der Waals surface area contributed by atoms with Crippen LogP contribution in [0.25, 0.3) is 0 Å². The van der Waals surface area contributed by atoms with Gasteiger partial charge in [-0.05, 0) is 18.1 Å². The summed E-state index contributed by atoms with van der Waals surface area (Å²) in [5, 5.41) is 17.8. The maximum Gasteiger partial charge on any atom is 0.173 e. The van der Waals surface area contributed by atoms with Gasteiger partial charge in [0.2, 0.25) is 0 Å². The first-order valence-electron chi connectivity index (χ1n) is 3.99. The van der Waals surface area contributed by atoms with Crippen molar-refractivity contribution >= 4 is 6.29 Å². The van der Waals surface area contributed by atoms with Crippen LogP contribution < -0.4 is 4.74 Å². The van der Waals surface area contributed by atoms with E-state index in [1.165, 1.54) is 19.2 Å². The van der Waals surface area contributed by atoms with Crippen molar-refractivity contribution in [1.82, 2.24) is 0 Å². The van der Waals surface area contributed by atoms with Crippen molar-refractivity contribution in [3.8, 4) is 29.4 Å². The smallest absolute Gasteiger partial charge is 0.173 e. The highest BCUT2D eigenvalue weighted by Crippen LogP contribution is 2.30. The normalized spacial score (nSPS) is 8.27. The van der Waals surface area contributed by atoms with Crippen LogP contribution in [0.4, 0.5) is 0 Å². The minimum Gasteiger partial charge on any atom is -0.503 e. The first kappa shape index (κ1) is 10.6. The van der Waals surface area contributed by atoms with Crippen LogP contribution in [0.2, 0.25) is 0 Å². The molecule has 0 saturated carbocycles. The van der Waals surface area contributed by atoms with Crippen molar-refractivity contribution in [2.24, 2.45) is 0 Å². The molecule has 0 aliphatic rings. The van der Waals surface area contributed by atoms with Crippen LogP contribution in [0.1, 0.15) is 15.9 Å². The highest BCUT2D eigenvalue weighted by atomic mass is 16.5. The second-order valence-electron chi connectivity index (χ2n) is 2.60. The van der Waals surface area contributed by atoms with E-state index in [-0.39, 0.29) is 17.1 Å². The Labute approximate surface area is 86.7 Å². The van der Waals surface area contributed by atoms with E-state index >= 15 is 0 Å². The predicted octanol–water partition coefficient (Wildman–Crippen LogP) is 1.09. The first-order valence-corrected chi connectivity index (χ1v) is 3.99. The number of carbonyl (C=O) groups is 1. The summed E-state index contributed by atoms with van der Waals surface area (Å²) in [6.45, 7) is 0. The highest BCUT2D eigenvalue weighted by Gasteiger charge is 2.08. The molecule has 0 aromatic heterocycles. The van der Waals surface area contributed by atoms with Gasteiger partial charge in [-0.3, -0.25) is 4.79 Å². The Balaban J connectivity index is 3.37. The van der Waals surface area contributed by atoms with Crippen LogP contribution in [0.5, 0.6) is 11.5 Å². The number of ether oxygens (including phenoxy) is 1. The van der Waals surface area contributed by atoms with Crippen molar-refractivity contribution < 1.29 is 14.6 Å². The average molecular weight is 201 g/mol. The SMILES string of the molecule is COc1cc(C=O)cc(C#CC#N)c1O. The van der Waals surface area contributed by atoms with Crippen LogP contribution >= 0.6 is 0 Å². The van der Waals surface area contributed by atoms with E-state index in [2.05, 4.69) is 11.8 Å². The lowest BCUT2D eigenvalue weighted by Gasteiger charge is -2.05. The molecule has 0 fully saturated rings. The van der Waals surface area contributed by atoms with Crippen molar-refractivity contribution in [2.75, 3.05) is 7.11 Å². The number of nitriles is 1. The number of rotatable bonds is 2. The summed E-state index contributed by atoms with van der Waals surface area (Å²) in [6, 6.07) is 4.39. The largest absolute Gasteiger partial charge is 0.503 e. The summed E-state index contributed by atoms with van der Waals surface area (Å²) < 4.78 is 4.85. The van der Waals surface area contributed by atoms with Gasteiger partial charge in [0.1, 0.15) is 6.29 Å². The molecule has 4 nitrogen and oxygen atoms in total. The van der Waals surface area contributed by atoms with Gasteiger partial charge in [-0.2, -0.15) is 5.26 Å². The molecule has 15 heavy (non-hydrogen) atoms. The molecule has 0 unspecified atom stereocenters. The van der Waals surface area contributed by atoms with E-state index in [9.17, 15) is 9.90 Å². The molecule has 0 aliphatic carbocycles. The summed E-state index contributed by atoms with van der Waals surface area (Å²) in [5.74, 6) is 4.52. The molecule has 0 aliphatic heterocycles. The number of benzene rings is 1. The minimum atomic E-state index is -0.175. The molecular formula is C11H7NO3. The van der Waals surface area contributed by atoms with Gasteiger partial charge in [0.15, 0.2) is 17.6 Å². The summed E-state index contributed by atoms with van der Waals surface area (Å²) in [4.78, 5) is 10.6. The Kier molecular flexibility index (Phi) is 3.32. The standard InChI is InChI=1S/C11H7NO3/c1-15-10-6-8(7-13)5-9(11(10)14)3-2-4-12/h5-7,14H,1H3. The monoisotopic (exact) mass is 201 g/mol. The van der Waals surface area contributed by atoms with Crippen LogP contribution in [-0.4, -0.2) is 18.5 Å². The van der Waals surface area contributed by atoms with E-state index in [0.717, 1.165) is 0 Å². The van der Waals surface area contributed by atoms with Gasteiger partial charge in [0.25, 0.3) is 0 Å². The van der Waals surface area contributed by atoms with E-state index in [4.69, 9.17) is 10.00 Å². The fraction of sp³-hybridized carbons (Fsp3) is 0.0909. The van der Waals surface area contributed by atoms with Crippen LogP contribution in [-0.2, 0) is 0 Å². The van der Waals surface area contributed by atoms with E-state index in [0.29, 0.717) is 11.8 Å². The lowest BCUT2D eigenvalue weighted by molar-refractivity contribution is 0.112. The molecule has 0 spiro atoms. The Hall–Kier alpha value is -2.46. The molecule has 4 heteroatoms. The zero-order chi connectivity index (χ0) is 11.3. The maximum absolute atomic E-state index is 10.6. The fourth-order valence-corrected chi connectivity index (χ4v) is 1.04. The summed E-state index contributed by atoms with van der Waals surface area (Å²) >= 11 is 0. The molecular weight excluding hydrogens is 194 g/mol. The Bertz CT molecular complexity index is 489. The number of phenols is 1. The van der Waals surface area contributed by atoms with E-state index in [1.807, 2.05) is 0 Å². The van der Waals surface area contributed by atoms with Gasteiger partial charge in [-0.15, -0.1) is 0 Å². The third-order valence-electron chi connectivity index (χ3n) is 1.71. The third kappa shape index (κ3) is 2.26. The highest BCUT2D eigenvalue weighted by molar-refractivity contribution is 5.78. The molecule has 1 N–H and O–H groups in total. The molecule has 0 amide bonds. The number of aldehydes is 1. The summed E-state index contributed by atoms with van der Waals surface area (Å²) in [7, 11) is 1.37. The quantitative estimate of drug-likeness (QED) is 0.574. The number of nitrogens with zero attached hydrogens (tertiary/aromatic N) is 1. The maximum atomic E-state index is 10.6. The number of hydrogen-bond acceptors (Lipinski definition) is 4. The summed E-state index contributed by atoms with van der Waals surface area (Å²) in [6.07, 6.45) is 0.611. The van der Waals surface area contributed by atoms with Crippen molar-refractivity contribution in [3.05, 3.63) is 23.3 Å². The minimum absolute atomic E-state index is 0.154. The van der Waals surface area contributed by atoms with Gasteiger partial charge in [0.05, 0.1) is 12.7 Å². The predicted molar refractivity (Wildman–Crippen MR) is 52.5 cm³/mol. The van der Waals surface area contributed by atoms with Crippen LogP contribution in [0, 0.1) is 23.2 Å². The van der Waals surface area contributed by atoms with Crippen LogP contribution in [0.3, 0.4) is 0 Å². The van der Waals surface area contributed by atoms with Crippen molar-refractivity contribution in [3.63, 3.8) is 0 Å². The van der Waals surface area contributed by atoms with E-state index in [1.54, 1.807) is 6.07 Å². The average Bonchev–Trinajstić information content (AvgIpc) is 2.27. The molecule has 1 rings (SSSR count). The van der Waals surface area contributed by atoms with Crippen molar-refractivity contribution in [1.29, 1.82) is 5.26 Å². The first-order chi connectivity index (χ1) is 7.22. The van der Waals surface area contributed by atoms with Gasteiger partial charge in [0, 0.05) is 11.5 Å². The number of carbonyl (C=O) groups excluding carboxylic acids is 1. The fourth-order valence-electron chi connectivity index (χ4n) is 1.04. The molecule has 1 aromatic rings. The number of phenolic OH excluding ortho intramolecular Hbond substituents is 1. The van der Waals surface area contributed by atoms with E-state index < -0.39 is 0 Å². The number of aromatic hydroxyl groups is 1.